The van der Waals surface area contributed by atoms with Crippen molar-refractivity contribution in [3.05, 3.63) is 82.9 Å². The number of aryl methyl sites for hydroxylation is 1. The normalized spacial score (nSPS) is 24.3. The lowest BCUT2D eigenvalue weighted by Gasteiger charge is -2.37. The number of halogens is 4. The minimum atomic E-state index is -0.888. The van der Waals surface area contributed by atoms with Crippen LogP contribution in [0.25, 0.3) is 22.3 Å². The molecule has 4 heteroatoms. The lowest BCUT2D eigenvalue weighted by molar-refractivity contribution is 0.164. The smallest absolute Gasteiger partial charge is 0.166 e. The van der Waals surface area contributed by atoms with Crippen LogP contribution in [0.2, 0.25) is 0 Å². The van der Waals surface area contributed by atoms with Gasteiger partial charge in [0.1, 0.15) is 0 Å². The summed E-state index contributed by atoms with van der Waals surface area (Å²) in [7, 11) is 0. The lowest BCUT2D eigenvalue weighted by atomic mass is 9.68. The van der Waals surface area contributed by atoms with E-state index in [1.54, 1.807) is 55.5 Å². The summed E-state index contributed by atoms with van der Waals surface area (Å²) in [5.74, 6) is -0.872. The first-order valence-electron chi connectivity index (χ1n) is 13.9. The van der Waals surface area contributed by atoms with Gasteiger partial charge in [-0.05, 0) is 90.9 Å². The van der Waals surface area contributed by atoms with E-state index in [-0.39, 0.29) is 17.0 Å². The highest BCUT2D eigenvalue weighted by Crippen LogP contribution is 2.45. The molecule has 3 aromatic carbocycles. The number of hydrogen-bond donors (Lipinski definition) is 0. The van der Waals surface area contributed by atoms with Gasteiger partial charge in [-0.2, -0.15) is 0 Å². The van der Waals surface area contributed by atoms with Gasteiger partial charge in [-0.25, -0.2) is 17.6 Å². The molecular weight excluding hydrogens is 472 g/mol. The summed E-state index contributed by atoms with van der Waals surface area (Å²) in [5.41, 5.74) is 2.15. The third-order valence-corrected chi connectivity index (χ3v) is 9.10. The monoisotopic (exact) mass is 508 g/mol. The molecule has 3 aromatic rings. The Morgan fingerprint density at radius 2 is 1.05 bits per heavy atom. The predicted molar refractivity (Wildman–Crippen MR) is 142 cm³/mol. The number of hydrogen-bond acceptors (Lipinski definition) is 0. The van der Waals surface area contributed by atoms with E-state index in [4.69, 9.17) is 0 Å². The average Bonchev–Trinajstić information content (AvgIpc) is 2.92. The Kier molecular flexibility index (Phi) is 7.74. The summed E-state index contributed by atoms with van der Waals surface area (Å²) in [5, 5.41) is 0. The molecule has 2 fully saturated rings. The molecule has 0 nitrogen and oxygen atoms in total. The largest absolute Gasteiger partial charge is 0.203 e. The third kappa shape index (κ3) is 5.22. The van der Waals surface area contributed by atoms with E-state index in [0.717, 1.165) is 43.4 Å². The van der Waals surface area contributed by atoms with Gasteiger partial charge in [0.15, 0.2) is 23.3 Å². The maximum absolute atomic E-state index is 15.3. The van der Waals surface area contributed by atoms with Crippen LogP contribution in [0.15, 0.2) is 48.5 Å². The van der Waals surface area contributed by atoms with Gasteiger partial charge in [0.05, 0.1) is 0 Å². The molecule has 0 bridgehead atoms. The molecule has 0 saturated heterocycles. The van der Waals surface area contributed by atoms with Crippen LogP contribution in [0.3, 0.4) is 0 Å². The molecule has 2 aliphatic carbocycles. The Bertz CT molecular complexity index is 1230. The standard InChI is InChI=1S/C33H36F4/c1-3-21-16-17-27(31(35)30(21)34)25-12-14-26(15-13-25)29-19-18-28(32(36)33(29)37)24-10-8-23(9-11-24)22-6-4-20(2)5-7-22/h12-20,22-24H,3-11H2,1-2H3. The van der Waals surface area contributed by atoms with Gasteiger partial charge in [0.2, 0.25) is 0 Å². The second-order valence-corrected chi connectivity index (χ2v) is 11.3. The van der Waals surface area contributed by atoms with Crippen LogP contribution in [-0.4, -0.2) is 0 Å². The zero-order valence-corrected chi connectivity index (χ0v) is 21.8. The fraction of sp³-hybridized carbons (Fsp3) is 0.455. The van der Waals surface area contributed by atoms with Gasteiger partial charge < -0.3 is 0 Å². The van der Waals surface area contributed by atoms with E-state index in [1.165, 1.54) is 25.7 Å². The number of benzene rings is 3. The second-order valence-electron chi connectivity index (χ2n) is 11.3. The van der Waals surface area contributed by atoms with Crippen LogP contribution in [0, 0.1) is 41.0 Å². The van der Waals surface area contributed by atoms with Crippen molar-refractivity contribution in [2.75, 3.05) is 0 Å². The Morgan fingerprint density at radius 1 is 0.568 bits per heavy atom. The van der Waals surface area contributed by atoms with Gasteiger partial charge in [-0.1, -0.05) is 75.2 Å². The highest BCUT2D eigenvalue weighted by atomic mass is 19.2. The molecule has 196 valence electrons. The Hall–Kier alpha value is -2.62. The van der Waals surface area contributed by atoms with Crippen molar-refractivity contribution < 1.29 is 17.6 Å². The summed E-state index contributed by atoms with van der Waals surface area (Å²) in [6.45, 7) is 4.11. The molecule has 2 aliphatic rings. The van der Waals surface area contributed by atoms with Crippen molar-refractivity contribution >= 4 is 0 Å². The molecule has 0 amide bonds. The van der Waals surface area contributed by atoms with E-state index in [9.17, 15) is 8.78 Å². The van der Waals surface area contributed by atoms with Gasteiger partial charge >= 0.3 is 0 Å². The first-order chi connectivity index (χ1) is 17.9. The Labute approximate surface area is 218 Å². The molecule has 0 aliphatic heterocycles. The van der Waals surface area contributed by atoms with E-state index < -0.39 is 23.3 Å². The summed E-state index contributed by atoms with van der Waals surface area (Å²) >= 11 is 0. The van der Waals surface area contributed by atoms with Crippen molar-refractivity contribution in [2.45, 2.75) is 77.6 Å². The lowest BCUT2D eigenvalue weighted by Crippen LogP contribution is -2.25. The topological polar surface area (TPSA) is 0 Å². The molecule has 37 heavy (non-hydrogen) atoms. The Morgan fingerprint density at radius 3 is 1.59 bits per heavy atom. The molecule has 0 radical (unpaired) electrons. The van der Waals surface area contributed by atoms with Gasteiger partial charge in [0.25, 0.3) is 0 Å². The molecular formula is C33H36F4. The van der Waals surface area contributed by atoms with Gasteiger partial charge in [0, 0.05) is 11.1 Å². The molecule has 0 spiro atoms. The first kappa shape index (κ1) is 26.0. The average molecular weight is 509 g/mol. The van der Waals surface area contributed by atoms with E-state index in [1.807, 2.05) is 0 Å². The fourth-order valence-corrected chi connectivity index (χ4v) is 6.68. The second kappa shape index (κ2) is 11.0. The van der Waals surface area contributed by atoms with Crippen LogP contribution in [-0.2, 0) is 6.42 Å². The molecule has 0 heterocycles. The van der Waals surface area contributed by atoms with Crippen LogP contribution in [0.4, 0.5) is 17.6 Å². The SMILES string of the molecule is CCc1ccc(-c2ccc(-c3ccc(C4CCC(C5CCC(C)CC5)CC4)c(F)c3F)cc2)c(F)c1F. The number of rotatable bonds is 5. The third-order valence-electron chi connectivity index (χ3n) is 9.10. The highest BCUT2D eigenvalue weighted by Gasteiger charge is 2.32. The van der Waals surface area contributed by atoms with Crippen LogP contribution in [0.1, 0.15) is 82.3 Å². The fourth-order valence-electron chi connectivity index (χ4n) is 6.68. The van der Waals surface area contributed by atoms with Gasteiger partial charge in [-0.15, -0.1) is 0 Å². The minimum Gasteiger partial charge on any atom is -0.203 e. The van der Waals surface area contributed by atoms with Crippen LogP contribution >= 0.6 is 0 Å². The van der Waals surface area contributed by atoms with Crippen LogP contribution < -0.4 is 0 Å². The van der Waals surface area contributed by atoms with Crippen molar-refractivity contribution in [1.82, 2.24) is 0 Å². The van der Waals surface area contributed by atoms with Crippen molar-refractivity contribution in [1.29, 1.82) is 0 Å². The zero-order chi connectivity index (χ0) is 26.1. The van der Waals surface area contributed by atoms with Crippen molar-refractivity contribution in [3.63, 3.8) is 0 Å². The molecule has 2 saturated carbocycles. The summed E-state index contributed by atoms with van der Waals surface area (Å²) in [6, 6.07) is 13.1. The predicted octanol–water partition coefficient (Wildman–Crippen LogP) is 10.2. The molecule has 5 rings (SSSR count). The quantitative estimate of drug-likeness (QED) is 0.301. The van der Waals surface area contributed by atoms with Crippen molar-refractivity contribution in [2.24, 2.45) is 17.8 Å². The van der Waals surface area contributed by atoms with E-state index >= 15 is 8.78 Å². The maximum Gasteiger partial charge on any atom is 0.166 e. The van der Waals surface area contributed by atoms with Crippen molar-refractivity contribution in [3.8, 4) is 22.3 Å². The maximum atomic E-state index is 15.3. The van der Waals surface area contributed by atoms with Gasteiger partial charge in [-0.3, -0.25) is 0 Å². The Balaban J connectivity index is 1.30. The molecule has 0 atom stereocenters. The highest BCUT2D eigenvalue weighted by molar-refractivity contribution is 5.71. The molecule has 0 aromatic heterocycles. The minimum absolute atomic E-state index is 0.0636. The zero-order valence-electron chi connectivity index (χ0n) is 21.8. The van der Waals surface area contributed by atoms with Crippen LogP contribution in [0.5, 0.6) is 0 Å². The first-order valence-corrected chi connectivity index (χ1v) is 13.9. The summed E-state index contributed by atoms with van der Waals surface area (Å²) in [4.78, 5) is 0. The van der Waals surface area contributed by atoms with E-state index in [2.05, 4.69) is 6.92 Å². The summed E-state index contributed by atoms with van der Waals surface area (Å²) in [6.07, 6.45) is 9.73. The van der Waals surface area contributed by atoms with E-state index in [0.29, 0.717) is 28.7 Å². The summed E-state index contributed by atoms with van der Waals surface area (Å²) < 4.78 is 59.3. The molecule has 0 unspecified atom stereocenters. The molecule has 0 N–H and O–H groups in total.